The molecule has 2 unspecified atom stereocenters. The van der Waals surface area contributed by atoms with E-state index in [-0.39, 0.29) is 5.41 Å². The summed E-state index contributed by atoms with van der Waals surface area (Å²) in [5.74, 6) is 2.88. The molecule has 0 amide bonds. The second kappa shape index (κ2) is 5.39. The van der Waals surface area contributed by atoms with Crippen molar-refractivity contribution in [1.82, 2.24) is 10.1 Å². The van der Waals surface area contributed by atoms with Crippen molar-refractivity contribution in [2.45, 2.75) is 64.2 Å². The van der Waals surface area contributed by atoms with Crippen LogP contribution in [0.2, 0.25) is 0 Å². The zero-order valence-corrected chi connectivity index (χ0v) is 11.8. The molecule has 1 aromatic heterocycles. The lowest BCUT2D eigenvalue weighted by Crippen LogP contribution is -2.28. The molecular weight excluding hydrogens is 226 g/mol. The molecule has 1 heterocycles. The maximum atomic E-state index is 5.74. The first-order valence-corrected chi connectivity index (χ1v) is 7.11. The second-order valence-corrected chi connectivity index (χ2v) is 6.18. The van der Waals surface area contributed by atoms with Gasteiger partial charge in [0, 0.05) is 12.5 Å². The van der Waals surface area contributed by atoms with Crippen molar-refractivity contribution in [3.05, 3.63) is 11.7 Å². The summed E-state index contributed by atoms with van der Waals surface area (Å²) < 4.78 is 5.40. The van der Waals surface area contributed by atoms with Crippen LogP contribution in [0.25, 0.3) is 0 Å². The van der Waals surface area contributed by atoms with E-state index in [4.69, 9.17) is 10.3 Å². The molecule has 1 saturated carbocycles. The van der Waals surface area contributed by atoms with Crippen molar-refractivity contribution >= 4 is 0 Å². The highest BCUT2D eigenvalue weighted by Gasteiger charge is 2.30. The number of hydrogen-bond donors (Lipinski definition) is 1. The van der Waals surface area contributed by atoms with Crippen molar-refractivity contribution in [2.75, 3.05) is 6.54 Å². The minimum atomic E-state index is -0.218. The molecule has 4 heteroatoms. The highest BCUT2D eigenvalue weighted by atomic mass is 16.5. The fraction of sp³-hybridized carbons (Fsp3) is 0.857. The fourth-order valence-corrected chi connectivity index (χ4v) is 2.66. The number of rotatable bonds is 4. The minimum absolute atomic E-state index is 0.218. The lowest BCUT2D eigenvalue weighted by Gasteiger charge is -2.26. The van der Waals surface area contributed by atoms with Gasteiger partial charge >= 0.3 is 0 Å². The van der Waals surface area contributed by atoms with Crippen LogP contribution >= 0.6 is 0 Å². The molecule has 1 fully saturated rings. The second-order valence-electron chi connectivity index (χ2n) is 6.18. The van der Waals surface area contributed by atoms with Crippen LogP contribution in [0.5, 0.6) is 0 Å². The molecule has 102 valence electrons. The van der Waals surface area contributed by atoms with Gasteiger partial charge in [0.25, 0.3) is 0 Å². The van der Waals surface area contributed by atoms with E-state index < -0.39 is 0 Å². The molecule has 0 radical (unpaired) electrons. The topological polar surface area (TPSA) is 64.9 Å². The summed E-state index contributed by atoms with van der Waals surface area (Å²) in [5, 5.41) is 4.18. The Morgan fingerprint density at radius 3 is 2.83 bits per heavy atom. The van der Waals surface area contributed by atoms with Crippen LogP contribution in [0, 0.1) is 5.92 Å². The van der Waals surface area contributed by atoms with Crippen molar-refractivity contribution < 1.29 is 4.52 Å². The summed E-state index contributed by atoms with van der Waals surface area (Å²) in [5.41, 5.74) is 5.52. The van der Waals surface area contributed by atoms with Gasteiger partial charge in [-0.05, 0) is 32.6 Å². The summed E-state index contributed by atoms with van der Waals surface area (Å²) >= 11 is 0. The maximum Gasteiger partial charge on any atom is 0.233 e. The van der Waals surface area contributed by atoms with Crippen LogP contribution in [-0.4, -0.2) is 16.7 Å². The van der Waals surface area contributed by atoms with Crippen molar-refractivity contribution in [1.29, 1.82) is 0 Å². The van der Waals surface area contributed by atoms with Crippen LogP contribution in [0.1, 0.15) is 70.5 Å². The molecular formula is C14H25N3O. The van der Waals surface area contributed by atoms with Crippen molar-refractivity contribution in [3.63, 3.8) is 0 Å². The third-order valence-electron chi connectivity index (χ3n) is 4.26. The van der Waals surface area contributed by atoms with Crippen LogP contribution in [0.15, 0.2) is 4.52 Å². The summed E-state index contributed by atoms with van der Waals surface area (Å²) in [6.45, 7) is 6.88. The quantitative estimate of drug-likeness (QED) is 0.893. The van der Waals surface area contributed by atoms with Gasteiger partial charge in [-0.2, -0.15) is 4.98 Å². The molecule has 1 aromatic rings. The predicted molar refractivity (Wildman–Crippen MR) is 71.4 cm³/mol. The summed E-state index contributed by atoms with van der Waals surface area (Å²) in [4.78, 5) is 4.59. The number of nitrogens with zero attached hydrogens (tertiary/aromatic N) is 2. The molecule has 1 aliphatic rings. The van der Waals surface area contributed by atoms with Crippen molar-refractivity contribution in [3.8, 4) is 0 Å². The molecule has 0 bridgehead atoms. The highest BCUT2D eigenvalue weighted by molar-refractivity contribution is 5.05. The Kier molecular flexibility index (Phi) is 4.05. The Hall–Kier alpha value is -0.900. The van der Waals surface area contributed by atoms with Gasteiger partial charge in [0.15, 0.2) is 5.82 Å². The Balaban J connectivity index is 2.10. The van der Waals surface area contributed by atoms with E-state index in [1.807, 2.05) is 13.8 Å². The van der Waals surface area contributed by atoms with Crippen molar-refractivity contribution in [2.24, 2.45) is 11.7 Å². The van der Waals surface area contributed by atoms with E-state index in [1.165, 1.54) is 32.1 Å². The first-order valence-electron chi connectivity index (χ1n) is 7.11. The zero-order valence-electron chi connectivity index (χ0n) is 11.8. The van der Waals surface area contributed by atoms with E-state index in [2.05, 4.69) is 17.1 Å². The van der Waals surface area contributed by atoms with Gasteiger partial charge in [0.2, 0.25) is 5.89 Å². The molecule has 0 spiro atoms. The monoisotopic (exact) mass is 251 g/mol. The maximum absolute atomic E-state index is 5.74. The Labute approximate surface area is 109 Å². The molecule has 0 saturated heterocycles. The first-order chi connectivity index (χ1) is 8.56. The molecule has 18 heavy (non-hydrogen) atoms. The summed E-state index contributed by atoms with van der Waals surface area (Å²) in [6.07, 6.45) is 6.30. The van der Waals surface area contributed by atoms with Crippen LogP contribution in [-0.2, 0) is 5.41 Å². The third kappa shape index (κ3) is 2.74. The van der Waals surface area contributed by atoms with E-state index in [0.29, 0.717) is 18.4 Å². The summed E-state index contributed by atoms with van der Waals surface area (Å²) in [6, 6.07) is 0. The van der Waals surface area contributed by atoms with E-state index >= 15 is 0 Å². The molecule has 4 nitrogen and oxygen atoms in total. The zero-order chi connectivity index (χ0) is 13.2. The SMILES string of the molecule is CCC1CCCC(c2noc(C(C)(C)CN)n2)C1. The number of nitrogens with two attached hydrogens (primary N) is 1. The Morgan fingerprint density at radius 2 is 2.17 bits per heavy atom. The molecule has 2 atom stereocenters. The van der Waals surface area contributed by atoms with Gasteiger partial charge in [0.05, 0.1) is 5.41 Å². The molecule has 2 rings (SSSR count). The molecule has 0 aromatic carbocycles. The highest BCUT2D eigenvalue weighted by Crippen LogP contribution is 2.36. The average Bonchev–Trinajstić information content (AvgIpc) is 2.89. The van der Waals surface area contributed by atoms with Gasteiger partial charge in [-0.15, -0.1) is 0 Å². The third-order valence-corrected chi connectivity index (χ3v) is 4.26. The normalized spacial score (nSPS) is 25.3. The van der Waals surface area contributed by atoms with Gasteiger partial charge < -0.3 is 10.3 Å². The average molecular weight is 251 g/mol. The van der Waals surface area contributed by atoms with Gasteiger partial charge in [-0.1, -0.05) is 31.3 Å². The standard InChI is InChI=1S/C14H25N3O/c1-4-10-6-5-7-11(8-10)12-16-13(18-17-12)14(2,3)9-15/h10-11H,4-9,15H2,1-3H3. The summed E-state index contributed by atoms with van der Waals surface area (Å²) in [7, 11) is 0. The lowest BCUT2D eigenvalue weighted by atomic mass is 9.80. The lowest BCUT2D eigenvalue weighted by molar-refractivity contribution is 0.288. The smallest absolute Gasteiger partial charge is 0.233 e. The van der Waals surface area contributed by atoms with Gasteiger partial charge in [-0.25, -0.2) is 0 Å². The first kappa shape index (κ1) is 13.5. The van der Waals surface area contributed by atoms with Crippen LogP contribution in [0.3, 0.4) is 0 Å². The molecule has 1 aliphatic carbocycles. The van der Waals surface area contributed by atoms with E-state index in [1.54, 1.807) is 0 Å². The minimum Gasteiger partial charge on any atom is -0.339 e. The molecule has 2 N–H and O–H groups in total. The van der Waals surface area contributed by atoms with Crippen LogP contribution < -0.4 is 5.73 Å². The predicted octanol–water partition coefficient (Wildman–Crippen LogP) is 2.99. The van der Waals surface area contributed by atoms with E-state index in [9.17, 15) is 0 Å². The Morgan fingerprint density at radius 1 is 1.39 bits per heavy atom. The number of aromatic nitrogens is 2. The number of hydrogen-bond acceptors (Lipinski definition) is 4. The largest absolute Gasteiger partial charge is 0.339 e. The Bertz CT molecular complexity index is 386. The fourth-order valence-electron chi connectivity index (χ4n) is 2.66. The van der Waals surface area contributed by atoms with Gasteiger partial charge in [0.1, 0.15) is 0 Å². The van der Waals surface area contributed by atoms with Gasteiger partial charge in [-0.3, -0.25) is 0 Å². The molecule has 0 aliphatic heterocycles. The van der Waals surface area contributed by atoms with E-state index in [0.717, 1.165) is 11.7 Å². The van der Waals surface area contributed by atoms with Crippen LogP contribution in [0.4, 0.5) is 0 Å².